The number of hydrogen-bond acceptors (Lipinski definition) is 9. The van der Waals surface area contributed by atoms with Crippen LogP contribution in [0.3, 0.4) is 0 Å². The lowest BCUT2D eigenvalue weighted by molar-refractivity contribution is -0.106. The van der Waals surface area contributed by atoms with Gasteiger partial charge in [-0.1, -0.05) is 0 Å². The van der Waals surface area contributed by atoms with Crippen molar-refractivity contribution in [1.82, 2.24) is 38.6 Å². The number of nitriles is 1. The van der Waals surface area contributed by atoms with Crippen molar-refractivity contribution >= 4 is 30.0 Å². The molecular formula is C37H46N14O5. The van der Waals surface area contributed by atoms with Gasteiger partial charge in [0.25, 0.3) is 17.4 Å². The van der Waals surface area contributed by atoms with Crippen LogP contribution in [0.1, 0.15) is 71.3 Å². The summed E-state index contributed by atoms with van der Waals surface area (Å²) in [4.78, 5) is 60.8. The monoisotopic (exact) mass is 766 g/mol. The fraction of sp³-hybridized carbons (Fsp3) is 0.162. The van der Waals surface area contributed by atoms with Gasteiger partial charge in [-0.15, -0.1) is 0 Å². The number of fused-ring (bicyclic) bond motifs is 1. The maximum atomic E-state index is 11.1. The minimum Gasteiger partial charge on any atom is -0.365 e. The van der Waals surface area contributed by atoms with Crippen molar-refractivity contribution in [2.75, 3.05) is 17.1 Å². The highest BCUT2D eigenvalue weighted by molar-refractivity contribution is 5.92. The molecule has 0 aliphatic rings. The Kier molecular flexibility index (Phi) is 17.0. The van der Waals surface area contributed by atoms with E-state index < -0.39 is 11.8 Å². The Labute approximate surface area is 321 Å². The lowest BCUT2D eigenvalue weighted by Crippen LogP contribution is -2.23. The van der Waals surface area contributed by atoms with Gasteiger partial charge in [0.1, 0.15) is 35.0 Å². The molecule has 7 aromatic heterocycles. The summed E-state index contributed by atoms with van der Waals surface area (Å²) >= 11 is 0. The molecule has 7 heterocycles. The van der Waals surface area contributed by atoms with E-state index in [9.17, 15) is 24.0 Å². The van der Waals surface area contributed by atoms with E-state index >= 15 is 0 Å². The zero-order valence-corrected chi connectivity index (χ0v) is 31.8. The number of hydrogen-bond donors (Lipinski definition) is 8. The number of nitrogens with zero attached hydrogens (tertiary/aromatic N) is 6. The van der Waals surface area contributed by atoms with Gasteiger partial charge in [0.05, 0.1) is 5.69 Å². The van der Waals surface area contributed by atoms with E-state index in [2.05, 4.69) is 25.5 Å². The first-order valence-electron chi connectivity index (χ1n) is 16.5. The molecule has 0 saturated heterocycles. The summed E-state index contributed by atoms with van der Waals surface area (Å²) in [5, 5.41) is 12.3. The molecule has 19 heteroatoms. The maximum absolute atomic E-state index is 11.1. The summed E-state index contributed by atoms with van der Waals surface area (Å²) in [5.74, 6) is 9.75. The van der Waals surface area contributed by atoms with Crippen molar-refractivity contribution in [1.29, 1.82) is 5.26 Å². The minimum atomic E-state index is -0.572. The molecule has 56 heavy (non-hydrogen) atoms. The van der Waals surface area contributed by atoms with Crippen LogP contribution in [-0.4, -0.2) is 63.1 Å². The molecule has 0 spiro atoms. The van der Waals surface area contributed by atoms with E-state index in [4.69, 9.17) is 28.4 Å². The SMILES string of the molecule is Cc1ccc(C#N)n1N.Cc1ccc(C(N)=O)n1N.Cc1ccc(C(N)=O)n1NC=O.Cc1ccc(C=O)[nH]1.Cc1ccc2c(=O)[nH]cnn12.Cc1ccc[nH]1. The van der Waals surface area contributed by atoms with Gasteiger partial charge in [0, 0.05) is 40.4 Å². The number of H-pyrrole nitrogens is 3. The number of nitrogen functional groups attached to an aromatic ring is 2. The average Bonchev–Trinajstić information content (AvgIpc) is 4.04. The van der Waals surface area contributed by atoms with Crippen LogP contribution in [-0.2, 0) is 4.79 Å². The zero-order valence-electron chi connectivity index (χ0n) is 31.8. The number of amides is 3. The maximum Gasteiger partial charge on any atom is 0.275 e. The molecule has 0 unspecified atom stereocenters. The van der Waals surface area contributed by atoms with Crippen molar-refractivity contribution in [3.63, 3.8) is 0 Å². The fourth-order valence-electron chi connectivity index (χ4n) is 4.44. The number of aromatic amines is 3. The Morgan fingerprint density at radius 2 is 1.36 bits per heavy atom. The number of rotatable bonds is 5. The number of nitrogens with one attached hydrogen (secondary N) is 4. The molecule has 12 N–H and O–H groups in total. The summed E-state index contributed by atoms with van der Waals surface area (Å²) in [5.41, 5.74) is 20.2. The summed E-state index contributed by atoms with van der Waals surface area (Å²) in [7, 11) is 0. The van der Waals surface area contributed by atoms with E-state index in [0.717, 1.165) is 34.8 Å². The summed E-state index contributed by atoms with van der Waals surface area (Å²) < 4.78 is 5.57. The number of aryl methyl sites for hydroxylation is 6. The quantitative estimate of drug-likeness (QED) is 0.0941. The van der Waals surface area contributed by atoms with Crippen LogP contribution in [0.5, 0.6) is 0 Å². The normalized spacial score (nSPS) is 9.52. The fourth-order valence-corrected chi connectivity index (χ4v) is 4.44. The predicted molar refractivity (Wildman–Crippen MR) is 212 cm³/mol. The Morgan fingerprint density at radius 1 is 0.750 bits per heavy atom. The third-order valence-electron chi connectivity index (χ3n) is 7.50. The van der Waals surface area contributed by atoms with Gasteiger partial charge in [0.2, 0.25) is 6.41 Å². The second-order valence-electron chi connectivity index (χ2n) is 11.7. The van der Waals surface area contributed by atoms with Gasteiger partial charge >= 0.3 is 0 Å². The number of primary amides is 2. The van der Waals surface area contributed by atoms with Crippen molar-refractivity contribution in [2.24, 2.45) is 11.5 Å². The van der Waals surface area contributed by atoms with Crippen LogP contribution in [0.25, 0.3) is 5.52 Å². The first-order valence-corrected chi connectivity index (χ1v) is 16.5. The van der Waals surface area contributed by atoms with Crippen LogP contribution in [0.4, 0.5) is 0 Å². The number of carbonyl (C=O) groups is 4. The molecule has 0 bridgehead atoms. The van der Waals surface area contributed by atoms with Gasteiger partial charge in [0.15, 0.2) is 6.29 Å². The van der Waals surface area contributed by atoms with Gasteiger partial charge in [-0.2, -0.15) is 10.4 Å². The van der Waals surface area contributed by atoms with Crippen LogP contribution < -0.4 is 34.1 Å². The van der Waals surface area contributed by atoms with Gasteiger partial charge in [-0.05, 0) is 114 Å². The molecule has 0 aliphatic heterocycles. The molecule has 7 rings (SSSR count). The molecule has 0 radical (unpaired) electrons. The van der Waals surface area contributed by atoms with Crippen LogP contribution in [0.15, 0.2) is 90.1 Å². The summed E-state index contributed by atoms with van der Waals surface area (Å²) in [6, 6.07) is 23.3. The van der Waals surface area contributed by atoms with Gasteiger partial charge < -0.3 is 38.1 Å². The Morgan fingerprint density at radius 3 is 1.73 bits per heavy atom. The van der Waals surface area contributed by atoms with E-state index in [1.807, 2.05) is 64.2 Å². The van der Waals surface area contributed by atoms with Crippen molar-refractivity contribution in [2.45, 2.75) is 41.5 Å². The van der Waals surface area contributed by atoms with Crippen molar-refractivity contribution < 1.29 is 19.2 Å². The molecule has 0 aromatic carbocycles. The van der Waals surface area contributed by atoms with Crippen molar-refractivity contribution in [3.8, 4) is 6.07 Å². The van der Waals surface area contributed by atoms with Gasteiger partial charge in [-0.3, -0.25) is 43.4 Å². The number of nitrogens with two attached hydrogens (primary N) is 4. The Balaban J connectivity index is 0.000000235. The zero-order chi connectivity index (χ0) is 41.9. The Bertz CT molecular complexity index is 2430. The Hall–Kier alpha value is -8.01. The van der Waals surface area contributed by atoms with E-state index in [-0.39, 0.29) is 11.3 Å². The summed E-state index contributed by atoms with van der Waals surface area (Å²) in [6.07, 6.45) is 4.59. The highest BCUT2D eigenvalue weighted by Crippen LogP contribution is 2.05. The first-order chi connectivity index (χ1) is 26.6. The summed E-state index contributed by atoms with van der Waals surface area (Å²) in [6.45, 7) is 11.2. The molecule has 294 valence electrons. The molecule has 7 aromatic rings. The molecule has 0 saturated carbocycles. The second kappa shape index (κ2) is 21.5. The first kappa shape index (κ1) is 44.2. The standard InChI is InChI=1S/C7H9N3O2.C7H7N3O.C6H9N3O.C6H7N3.C6H7NO.C5H7N/c1-5-2-3-6(7(8)12)10(5)9-4-11;1-5-2-3-6-7(11)8-4-9-10(5)6;1-4-2-3-5(6(7)10)9(4)8;1-5-2-3-6(4-7)9(5)8;1-5-2-3-6(4-8)7-5;1-5-3-2-4-6-5/h2-4H,1H3,(H2,8,12)(H,9,11);2-4H,1H3,(H,8,9,11);2-3H,8H2,1H3,(H2,7,10);2-3H,8H2,1H3;2-4,7H,1H3;2-4,6H,1H3. The molecule has 0 aliphatic carbocycles. The molecule has 0 fully saturated rings. The van der Waals surface area contributed by atoms with Crippen LogP contribution >= 0.6 is 0 Å². The lowest BCUT2D eigenvalue weighted by Gasteiger charge is -2.05. The number of aromatic nitrogens is 8. The van der Waals surface area contributed by atoms with Crippen LogP contribution in [0.2, 0.25) is 0 Å². The molecular weight excluding hydrogens is 720 g/mol. The third kappa shape index (κ3) is 12.9. The highest BCUT2D eigenvalue weighted by Gasteiger charge is 2.09. The number of aldehydes is 1. The van der Waals surface area contributed by atoms with E-state index in [1.165, 1.54) is 26.0 Å². The van der Waals surface area contributed by atoms with Crippen molar-refractivity contribution in [3.05, 3.63) is 153 Å². The average molecular weight is 767 g/mol. The smallest absolute Gasteiger partial charge is 0.275 e. The van der Waals surface area contributed by atoms with Gasteiger partial charge in [-0.25, -0.2) is 4.52 Å². The minimum absolute atomic E-state index is 0.104. The highest BCUT2D eigenvalue weighted by atomic mass is 16.2. The largest absolute Gasteiger partial charge is 0.365 e. The van der Waals surface area contributed by atoms with Crippen LogP contribution in [0, 0.1) is 52.9 Å². The molecule has 3 amide bonds. The predicted octanol–water partition coefficient (Wildman–Crippen LogP) is 2.38. The lowest BCUT2D eigenvalue weighted by atomic mass is 10.4. The number of carbonyl (C=O) groups excluding carboxylic acids is 4. The van der Waals surface area contributed by atoms with E-state index in [0.29, 0.717) is 29.0 Å². The topological polar surface area (TPSA) is 305 Å². The second-order valence-corrected chi connectivity index (χ2v) is 11.7. The molecule has 19 nitrogen and oxygen atoms in total. The van der Waals surface area contributed by atoms with E-state index in [1.54, 1.807) is 66.9 Å². The third-order valence-corrected chi connectivity index (χ3v) is 7.50. The molecule has 0 atom stereocenters.